The summed E-state index contributed by atoms with van der Waals surface area (Å²) in [4.78, 5) is 4.15. The zero-order valence-electron chi connectivity index (χ0n) is 8.93. The third-order valence-corrected chi connectivity index (χ3v) is 2.33. The van der Waals surface area contributed by atoms with E-state index in [1.165, 1.54) is 19.3 Å². The average Bonchev–Trinajstić information content (AvgIpc) is 2.79. The first-order valence-corrected chi connectivity index (χ1v) is 5.11. The lowest BCUT2D eigenvalue weighted by atomic mass is 9.95. The number of hydrogen-bond donors (Lipinski definition) is 1. The van der Waals surface area contributed by atoms with E-state index in [4.69, 9.17) is 5.41 Å². The molecule has 0 aromatic heterocycles. The summed E-state index contributed by atoms with van der Waals surface area (Å²) < 4.78 is 0. The highest BCUT2D eigenvalue weighted by Crippen LogP contribution is 2.33. The Morgan fingerprint density at radius 2 is 2.08 bits per heavy atom. The van der Waals surface area contributed by atoms with Crippen molar-refractivity contribution >= 4 is 12.1 Å². The van der Waals surface area contributed by atoms with Gasteiger partial charge in [-0.2, -0.15) is 0 Å². The van der Waals surface area contributed by atoms with Gasteiger partial charge in [-0.25, -0.2) is 4.99 Å². The van der Waals surface area contributed by atoms with E-state index in [1.807, 2.05) is 27.0 Å². The van der Waals surface area contributed by atoms with Gasteiger partial charge in [0.15, 0.2) is 0 Å². The molecule has 0 bridgehead atoms. The van der Waals surface area contributed by atoms with E-state index in [9.17, 15) is 0 Å². The molecular formula is C11H20N2. The van der Waals surface area contributed by atoms with Crippen LogP contribution in [0.2, 0.25) is 0 Å². The third-order valence-electron chi connectivity index (χ3n) is 2.33. The van der Waals surface area contributed by atoms with Crippen LogP contribution in [0.1, 0.15) is 46.5 Å². The summed E-state index contributed by atoms with van der Waals surface area (Å²) in [5.74, 6) is 1.46. The minimum Gasteiger partial charge on any atom is -0.286 e. The molecule has 2 nitrogen and oxygen atoms in total. The van der Waals surface area contributed by atoms with Crippen molar-refractivity contribution in [2.45, 2.75) is 46.5 Å². The molecule has 0 aromatic carbocycles. The van der Waals surface area contributed by atoms with Crippen molar-refractivity contribution < 1.29 is 0 Å². The van der Waals surface area contributed by atoms with E-state index >= 15 is 0 Å². The van der Waals surface area contributed by atoms with Crippen molar-refractivity contribution in [1.82, 2.24) is 0 Å². The monoisotopic (exact) mass is 180 g/mol. The lowest BCUT2D eigenvalue weighted by Gasteiger charge is -2.15. The van der Waals surface area contributed by atoms with Gasteiger partial charge in [0.25, 0.3) is 0 Å². The predicted octanol–water partition coefficient (Wildman–Crippen LogP) is 3.27. The van der Waals surface area contributed by atoms with E-state index in [1.54, 1.807) is 0 Å². The largest absolute Gasteiger partial charge is 0.286 e. The second-order valence-corrected chi connectivity index (χ2v) is 4.93. The SMILES string of the molecule is CC(C)(C)C(=N)N=CCCC1CC1. The number of nitrogens with one attached hydrogen (secondary N) is 1. The Morgan fingerprint density at radius 3 is 2.54 bits per heavy atom. The van der Waals surface area contributed by atoms with E-state index < -0.39 is 0 Å². The molecule has 0 radical (unpaired) electrons. The second kappa shape index (κ2) is 4.03. The lowest BCUT2D eigenvalue weighted by molar-refractivity contribution is 0.581. The van der Waals surface area contributed by atoms with Gasteiger partial charge < -0.3 is 0 Å². The third kappa shape index (κ3) is 4.20. The highest BCUT2D eigenvalue weighted by molar-refractivity contribution is 5.90. The number of amidine groups is 1. The number of rotatable bonds is 3. The molecule has 0 spiro atoms. The van der Waals surface area contributed by atoms with Gasteiger partial charge in [-0.3, -0.25) is 5.41 Å². The Labute approximate surface area is 81.0 Å². The summed E-state index contributed by atoms with van der Waals surface area (Å²) in [5, 5.41) is 7.64. The minimum atomic E-state index is -0.101. The van der Waals surface area contributed by atoms with Gasteiger partial charge in [-0.05, 0) is 18.8 Å². The molecule has 1 aliphatic carbocycles. The van der Waals surface area contributed by atoms with Crippen LogP contribution < -0.4 is 0 Å². The van der Waals surface area contributed by atoms with Crippen LogP contribution in [-0.4, -0.2) is 12.1 Å². The fraction of sp³-hybridized carbons (Fsp3) is 0.818. The fourth-order valence-electron chi connectivity index (χ4n) is 1.07. The second-order valence-electron chi connectivity index (χ2n) is 4.93. The summed E-state index contributed by atoms with van der Waals surface area (Å²) in [6.07, 6.45) is 7.03. The Hall–Kier alpha value is -0.660. The predicted molar refractivity (Wildman–Crippen MR) is 57.6 cm³/mol. The van der Waals surface area contributed by atoms with Crippen LogP contribution >= 0.6 is 0 Å². The van der Waals surface area contributed by atoms with Gasteiger partial charge in [0.2, 0.25) is 0 Å². The van der Waals surface area contributed by atoms with Crippen LogP contribution in [0.25, 0.3) is 0 Å². The normalized spacial score (nSPS) is 18.1. The standard InChI is InChI=1S/C11H20N2/c1-11(2,3)10(12)13-8-4-5-9-6-7-9/h8-9,12H,4-7H2,1-3H3. The Balaban J connectivity index is 2.18. The van der Waals surface area contributed by atoms with Crippen LogP contribution in [0.15, 0.2) is 4.99 Å². The Morgan fingerprint density at radius 1 is 1.46 bits per heavy atom. The number of aliphatic imine (C=N–C) groups is 1. The Kier molecular flexibility index (Phi) is 3.23. The van der Waals surface area contributed by atoms with Gasteiger partial charge in [0.1, 0.15) is 5.84 Å². The smallest absolute Gasteiger partial charge is 0.125 e. The summed E-state index contributed by atoms with van der Waals surface area (Å²) in [6.45, 7) is 6.06. The molecule has 1 saturated carbocycles. The molecule has 13 heavy (non-hydrogen) atoms. The summed E-state index contributed by atoms with van der Waals surface area (Å²) in [6, 6.07) is 0. The quantitative estimate of drug-likeness (QED) is 0.511. The highest BCUT2D eigenvalue weighted by Gasteiger charge is 2.20. The Bertz CT molecular complexity index is 207. The van der Waals surface area contributed by atoms with E-state index in [2.05, 4.69) is 4.99 Å². The van der Waals surface area contributed by atoms with Crippen LogP contribution in [0, 0.1) is 16.7 Å². The van der Waals surface area contributed by atoms with Gasteiger partial charge in [0.05, 0.1) is 0 Å². The molecular weight excluding hydrogens is 160 g/mol. The first-order chi connectivity index (χ1) is 6.00. The topological polar surface area (TPSA) is 36.2 Å². The van der Waals surface area contributed by atoms with Crippen LogP contribution in [0.4, 0.5) is 0 Å². The zero-order valence-corrected chi connectivity index (χ0v) is 8.93. The van der Waals surface area contributed by atoms with Gasteiger partial charge >= 0.3 is 0 Å². The van der Waals surface area contributed by atoms with Crippen molar-refractivity contribution in [2.24, 2.45) is 16.3 Å². The summed E-state index contributed by atoms with van der Waals surface area (Å²) >= 11 is 0. The molecule has 74 valence electrons. The molecule has 1 aliphatic rings. The first-order valence-electron chi connectivity index (χ1n) is 5.11. The van der Waals surface area contributed by atoms with Crippen molar-refractivity contribution in [3.63, 3.8) is 0 Å². The van der Waals surface area contributed by atoms with E-state index in [-0.39, 0.29) is 5.41 Å². The molecule has 0 saturated heterocycles. The molecule has 1 rings (SSSR count). The number of hydrogen-bond acceptors (Lipinski definition) is 1. The maximum atomic E-state index is 7.64. The van der Waals surface area contributed by atoms with Gasteiger partial charge in [-0.15, -0.1) is 0 Å². The number of nitrogens with zero attached hydrogens (tertiary/aromatic N) is 1. The molecule has 0 atom stereocenters. The highest BCUT2D eigenvalue weighted by atomic mass is 14.8. The molecule has 0 unspecified atom stereocenters. The molecule has 0 aromatic rings. The van der Waals surface area contributed by atoms with Gasteiger partial charge in [-0.1, -0.05) is 33.6 Å². The van der Waals surface area contributed by atoms with Crippen molar-refractivity contribution in [3.05, 3.63) is 0 Å². The maximum absolute atomic E-state index is 7.64. The molecule has 2 heteroatoms. The first kappa shape index (κ1) is 10.4. The fourth-order valence-corrected chi connectivity index (χ4v) is 1.07. The van der Waals surface area contributed by atoms with Crippen LogP contribution in [0.5, 0.6) is 0 Å². The maximum Gasteiger partial charge on any atom is 0.125 e. The van der Waals surface area contributed by atoms with Crippen LogP contribution in [-0.2, 0) is 0 Å². The average molecular weight is 180 g/mol. The van der Waals surface area contributed by atoms with Crippen molar-refractivity contribution in [1.29, 1.82) is 5.41 Å². The van der Waals surface area contributed by atoms with E-state index in [0.29, 0.717) is 5.84 Å². The summed E-state index contributed by atoms with van der Waals surface area (Å²) in [5.41, 5.74) is -0.101. The van der Waals surface area contributed by atoms with Crippen molar-refractivity contribution in [3.8, 4) is 0 Å². The minimum absolute atomic E-state index is 0.101. The molecule has 1 N–H and O–H groups in total. The summed E-state index contributed by atoms with van der Waals surface area (Å²) in [7, 11) is 0. The van der Waals surface area contributed by atoms with Crippen LogP contribution in [0.3, 0.4) is 0 Å². The molecule has 0 heterocycles. The zero-order chi connectivity index (χ0) is 9.90. The molecule has 0 aliphatic heterocycles. The van der Waals surface area contributed by atoms with Crippen molar-refractivity contribution in [2.75, 3.05) is 0 Å². The lowest BCUT2D eigenvalue weighted by Crippen LogP contribution is -2.16. The molecule has 1 fully saturated rings. The molecule has 0 amide bonds. The van der Waals surface area contributed by atoms with E-state index in [0.717, 1.165) is 12.3 Å². The van der Waals surface area contributed by atoms with Gasteiger partial charge in [0, 0.05) is 11.6 Å².